The summed E-state index contributed by atoms with van der Waals surface area (Å²) in [4.78, 5) is 1.48. The van der Waals surface area contributed by atoms with Crippen molar-refractivity contribution in [2.75, 3.05) is 0 Å². The van der Waals surface area contributed by atoms with Crippen LogP contribution in [0.3, 0.4) is 0 Å². The summed E-state index contributed by atoms with van der Waals surface area (Å²) in [6.45, 7) is 4.10. The van der Waals surface area contributed by atoms with Crippen molar-refractivity contribution in [2.45, 2.75) is 26.7 Å². The van der Waals surface area contributed by atoms with E-state index in [1.807, 2.05) is 25.1 Å². The van der Waals surface area contributed by atoms with Gasteiger partial charge in [-0.05, 0) is 48.2 Å². The largest absolute Gasteiger partial charge is 0.505 e. The zero-order valence-corrected chi connectivity index (χ0v) is 12.7. The number of halogens is 1. The van der Waals surface area contributed by atoms with Crippen LogP contribution in [0.4, 0.5) is 0 Å². The summed E-state index contributed by atoms with van der Waals surface area (Å²) < 4.78 is 0. The Labute approximate surface area is 128 Å². The van der Waals surface area contributed by atoms with Crippen LogP contribution in [-0.4, -0.2) is 20.1 Å². The fourth-order valence-corrected chi connectivity index (χ4v) is 2.53. The fourth-order valence-electron chi connectivity index (χ4n) is 2.36. The van der Waals surface area contributed by atoms with Crippen LogP contribution in [0.1, 0.15) is 25.0 Å². The zero-order chi connectivity index (χ0) is 15.0. The number of aromatic nitrogens is 3. The molecule has 0 atom stereocenters. The molecule has 1 aromatic heterocycles. The predicted molar refractivity (Wildman–Crippen MR) is 84.3 cm³/mol. The number of fused-ring (bicyclic) bond motifs is 1. The van der Waals surface area contributed by atoms with Gasteiger partial charge in [-0.2, -0.15) is 0 Å². The Morgan fingerprint density at radius 3 is 2.52 bits per heavy atom. The number of hydrogen-bond donors (Lipinski definition) is 1. The van der Waals surface area contributed by atoms with Gasteiger partial charge < -0.3 is 5.11 Å². The number of aromatic hydroxyl groups is 1. The second kappa shape index (κ2) is 5.37. The minimum absolute atomic E-state index is 0.237. The molecule has 0 amide bonds. The molecule has 21 heavy (non-hydrogen) atoms. The van der Waals surface area contributed by atoms with Gasteiger partial charge in [0.05, 0.1) is 0 Å². The van der Waals surface area contributed by atoms with Crippen molar-refractivity contribution in [3.8, 4) is 11.4 Å². The Bertz CT molecular complexity index is 811. The highest BCUT2D eigenvalue weighted by Gasteiger charge is 2.13. The highest BCUT2D eigenvalue weighted by molar-refractivity contribution is 6.31. The molecule has 0 spiro atoms. The van der Waals surface area contributed by atoms with Gasteiger partial charge >= 0.3 is 0 Å². The molecule has 0 bridgehead atoms. The maximum absolute atomic E-state index is 10.4. The van der Waals surface area contributed by atoms with E-state index in [0.29, 0.717) is 16.2 Å². The summed E-state index contributed by atoms with van der Waals surface area (Å²) in [6, 6.07) is 9.32. The van der Waals surface area contributed by atoms with E-state index in [9.17, 15) is 5.11 Å². The summed E-state index contributed by atoms with van der Waals surface area (Å²) >= 11 is 5.97. The molecule has 0 aliphatic carbocycles. The average Bonchev–Trinajstić information content (AvgIpc) is 2.90. The van der Waals surface area contributed by atoms with E-state index >= 15 is 0 Å². The van der Waals surface area contributed by atoms with Crippen molar-refractivity contribution in [1.29, 1.82) is 0 Å². The Morgan fingerprint density at radius 2 is 1.81 bits per heavy atom. The highest BCUT2D eigenvalue weighted by atomic mass is 35.5. The van der Waals surface area contributed by atoms with Gasteiger partial charge in [0.2, 0.25) is 0 Å². The topological polar surface area (TPSA) is 50.9 Å². The number of aryl methyl sites for hydroxylation is 2. The first-order valence-corrected chi connectivity index (χ1v) is 7.38. The first kappa shape index (κ1) is 13.9. The maximum Gasteiger partial charge on any atom is 0.146 e. The summed E-state index contributed by atoms with van der Waals surface area (Å²) in [6.07, 6.45) is 1.66. The van der Waals surface area contributed by atoms with E-state index in [1.54, 1.807) is 12.1 Å². The third-order valence-corrected chi connectivity index (χ3v) is 3.81. The van der Waals surface area contributed by atoms with Gasteiger partial charge in [0.15, 0.2) is 0 Å². The number of phenolic OH excluding ortho intramolecular Hbond substituents is 1. The molecular formula is C16H16ClN3O. The van der Waals surface area contributed by atoms with E-state index in [-0.39, 0.29) is 5.75 Å². The molecule has 0 aliphatic rings. The van der Waals surface area contributed by atoms with Crippen molar-refractivity contribution < 1.29 is 5.11 Å². The standard InChI is InChI=1S/C16H16ClN3O/c1-3-10-7-11(4-2)16(21)15(8-10)20-18-13-6-5-12(17)9-14(13)19-20/h5-9,21H,3-4H2,1-2H3. The Kier molecular flexibility index (Phi) is 3.55. The van der Waals surface area contributed by atoms with Gasteiger partial charge in [0.25, 0.3) is 0 Å². The van der Waals surface area contributed by atoms with Crippen LogP contribution in [0, 0.1) is 0 Å². The Balaban J connectivity index is 2.21. The molecule has 108 valence electrons. The lowest BCUT2D eigenvalue weighted by atomic mass is 10.0. The van der Waals surface area contributed by atoms with E-state index < -0.39 is 0 Å². The van der Waals surface area contributed by atoms with E-state index in [4.69, 9.17) is 11.6 Å². The van der Waals surface area contributed by atoms with Gasteiger partial charge in [-0.25, -0.2) is 0 Å². The molecule has 1 heterocycles. The second-order valence-electron chi connectivity index (χ2n) is 4.95. The summed E-state index contributed by atoms with van der Waals surface area (Å²) in [5, 5.41) is 19.9. The third-order valence-electron chi connectivity index (χ3n) is 3.58. The number of phenols is 1. The summed E-state index contributed by atoms with van der Waals surface area (Å²) in [5.74, 6) is 0.237. The molecule has 0 saturated heterocycles. The van der Waals surface area contributed by atoms with Gasteiger partial charge in [0, 0.05) is 5.02 Å². The van der Waals surface area contributed by atoms with Gasteiger partial charge in [-0.3, -0.25) is 0 Å². The molecule has 0 aliphatic heterocycles. The number of benzene rings is 2. The van der Waals surface area contributed by atoms with E-state index in [1.165, 1.54) is 4.80 Å². The van der Waals surface area contributed by atoms with E-state index in [0.717, 1.165) is 29.5 Å². The minimum atomic E-state index is 0.237. The van der Waals surface area contributed by atoms with Crippen LogP contribution in [0.2, 0.25) is 5.02 Å². The van der Waals surface area contributed by atoms with Crippen LogP contribution in [0.5, 0.6) is 5.75 Å². The Morgan fingerprint density at radius 1 is 1.05 bits per heavy atom. The first-order chi connectivity index (χ1) is 10.1. The van der Waals surface area contributed by atoms with Crippen molar-refractivity contribution in [3.05, 3.63) is 46.5 Å². The smallest absolute Gasteiger partial charge is 0.146 e. The molecule has 0 saturated carbocycles. The molecule has 0 radical (unpaired) electrons. The fraction of sp³-hybridized carbons (Fsp3) is 0.250. The number of nitrogens with zero attached hydrogens (tertiary/aromatic N) is 3. The van der Waals surface area contributed by atoms with Crippen molar-refractivity contribution in [1.82, 2.24) is 15.0 Å². The number of rotatable bonds is 3. The van der Waals surface area contributed by atoms with E-state index in [2.05, 4.69) is 17.1 Å². The second-order valence-corrected chi connectivity index (χ2v) is 5.39. The average molecular weight is 302 g/mol. The summed E-state index contributed by atoms with van der Waals surface area (Å²) in [5.41, 5.74) is 4.13. The molecule has 1 N–H and O–H groups in total. The summed E-state index contributed by atoms with van der Waals surface area (Å²) in [7, 11) is 0. The van der Waals surface area contributed by atoms with Crippen LogP contribution in [-0.2, 0) is 12.8 Å². The Hall–Kier alpha value is -2.07. The van der Waals surface area contributed by atoms with Crippen molar-refractivity contribution >= 4 is 22.6 Å². The van der Waals surface area contributed by atoms with Crippen LogP contribution in [0.25, 0.3) is 16.7 Å². The lowest BCUT2D eigenvalue weighted by Gasteiger charge is -2.10. The SMILES string of the molecule is CCc1cc(CC)c(O)c(-n2nc3ccc(Cl)cc3n2)c1. The maximum atomic E-state index is 10.4. The molecule has 0 unspecified atom stereocenters. The van der Waals surface area contributed by atoms with Crippen molar-refractivity contribution in [2.24, 2.45) is 0 Å². The molecule has 4 nitrogen and oxygen atoms in total. The predicted octanol–water partition coefficient (Wildman–Crippen LogP) is 3.90. The molecule has 5 heteroatoms. The lowest BCUT2D eigenvalue weighted by molar-refractivity contribution is 0.461. The lowest BCUT2D eigenvalue weighted by Crippen LogP contribution is -2.02. The van der Waals surface area contributed by atoms with Crippen LogP contribution < -0.4 is 0 Å². The van der Waals surface area contributed by atoms with Crippen LogP contribution >= 0.6 is 11.6 Å². The molecule has 2 aromatic carbocycles. The molecule has 3 aromatic rings. The monoisotopic (exact) mass is 301 g/mol. The minimum Gasteiger partial charge on any atom is -0.505 e. The third kappa shape index (κ3) is 2.47. The van der Waals surface area contributed by atoms with Crippen LogP contribution in [0.15, 0.2) is 30.3 Å². The van der Waals surface area contributed by atoms with Gasteiger partial charge in [-0.1, -0.05) is 31.5 Å². The normalized spacial score (nSPS) is 11.2. The zero-order valence-electron chi connectivity index (χ0n) is 12.0. The quantitative estimate of drug-likeness (QED) is 0.798. The number of hydrogen-bond acceptors (Lipinski definition) is 3. The highest BCUT2D eigenvalue weighted by Crippen LogP contribution is 2.29. The van der Waals surface area contributed by atoms with Gasteiger partial charge in [0.1, 0.15) is 22.5 Å². The molecule has 0 fully saturated rings. The molecular weight excluding hydrogens is 286 g/mol. The molecule has 3 rings (SSSR count). The van der Waals surface area contributed by atoms with Crippen molar-refractivity contribution in [3.63, 3.8) is 0 Å². The van der Waals surface area contributed by atoms with Gasteiger partial charge in [-0.15, -0.1) is 15.0 Å². The first-order valence-electron chi connectivity index (χ1n) is 7.00.